The van der Waals surface area contributed by atoms with Crippen LogP contribution in [0.3, 0.4) is 0 Å². The number of carbonyl (C=O) groups excluding carboxylic acids is 1. The molecule has 0 saturated carbocycles. The fourth-order valence-electron chi connectivity index (χ4n) is 1.08. The minimum absolute atomic E-state index is 0.0397. The average Bonchev–Trinajstić information content (AvgIpc) is 2.43. The van der Waals surface area contributed by atoms with E-state index in [1.54, 1.807) is 7.05 Å². The van der Waals surface area contributed by atoms with Crippen LogP contribution in [0, 0.1) is 10.1 Å². The summed E-state index contributed by atoms with van der Waals surface area (Å²) >= 11 is 0. The van der Waals surface area contributed by atoms with Crippen molar-refractivity contribution in [1.29, 1.82) is 0 Å². The third-order valence-electron chi connectivity index (χ3n) is 1.87. The first-order valence-corrected chi connectivity index (χ1v) is 3.99. The van der Waals surface area contributed by atoms with Crippen molar-refractivity contribution < 1.29 is 14.5 Å². The Bertz CT molecular complexity index is 289. The Morgan fingerprint density at radius 2 is 2.50 bits per heavy atom. The van der Waals surface area contributed by atoms with Crippen LogP contribution in [-0.4, -0.2) is 35.6 Å². The molecule has 1 N–H and O–H groups in total. The molecule has 1 aliphatic heterocycles. The zero-order chi connectivity index (χ0) is 10.7. The van der Waals surface area contributed by atoms with E-state index in [4.69, 9.17) is 4.74 Å². The van der Waals surface area contributed by atoms with E-state index in [0.29, 0.717) is 0 Å². The third kappa shape index (κ3) is 2.12. The highest BCUT2D eigenvalue weighted by atomic mass is 16.6. The molecule has 1 aliphatic rings. The molecule has 0 aromatic heterocycles. The van der Waals surface area contributed by atoms with Crippen molar-refractivity contribution in [1.82, 2.24) is 10.2 Å². The van der Waals surface area contributed by atoms with Crippen LogP contribution in [0.1, 0.15) is 6.92 Å². The largest absolute Gasteiger partial charge is 0.459 e. The summed E-state index contributed by atoms with van der Waals surface area (Å²) in [7, 11) is 1.56. The van der Waals surface area contributed by atoms with Crippen molar-refractivity contribution in [3.05, 3.63) is 22.1 Å². The van der Waals surface area contributed by atoms with Crippen molar-refractivity contribution in [2.75, 3.05) is 13.7 Å². The SMILES string of the molecule is CC(=O)OCC1NC=C([N+](=O)[O-])N1C. The minimum Gasteiger partial charge on any atom is -0.459 e. The molecule has 78 valence electrons. The molecule has 1 rings (SSSR count). The molecule has 0 aromatic carbocycles. The quantitative estimate of drug-likeness (QED) is 0.376. The molecule has 0 radical (unpaired) electrons. The Labute approximate surface area is 80.5 Å². The number of esters is 1. The number of nitrogens with one attached hydrogen (secondary N) is 1. The van der Waals surface area contributed by atoms with Gasteiger partial charge in [-0.2, -0.15) is 0 Å². The van der Waals surface area contributed by atoms with Crippen LogP contribution >= 0.6 is 0 Å². The highest BCUT2D eigenvalue weighted by Crippen LogP contribution is 2.11. The monoisotopic (exact) mass is 201 g/mol. The van der Waals surface area contributed by atoms with Gasteiger partial charge in [0.25, 0.3) is 0 Å². The van der Waals surface area contributed by atoms with E-state index >= 15 is 0 Å². The number of hydrogen-bond acceptors (Lipinski definition) is 6. The lowest BCUT2D eigenvalue weighted by Gasteiger charge is -2.16. The molecule has 0 bridgehead atoms. The number of nitro groups is 1. The van der Waals surface area contributed by atoms with Gasteiger partial charge in [-0.1, -0.05) is 0 Å². The summed E-state index contributed by atoms with van der Waals surface area (Å²) in [6, 6.07) is 0. The summed E-state index contributed by atoms with van der Waals surface area (Å²) in [4.78, 5) is 21.9. The van der Waals surface area contributed by atoms with Gasteiger partial charge >= 0.3 is 11.8 Å². The van der Waals surface area contributed by atoms with Gasteiger partial charge < -0.3 is 20.2 Å². The first-order chi connectivity index (χ1) is 6.52. The molecule has 1 atom stereocenters. The van der Waals surface area contributed by atoms with Gasteiger partial charge in [0.05, 0.1) is 13.2 Å². The highest BCUT2D eigenvalue weighted by Gasteiger charge is 2.32. The molecule has 7 nitrogen and oxygen atoms in total. The third-order valence-corrected chi connectivity index (χ3v) is 1.87. The van der Waals surface area contributed by atoms with E-state index < -0.39 is 10.9 Å². The van der Waals surface area contributed by atoms with E-state index in [-0.39, 0.29) is 18.6 Å². The number of rotatable bonds is 3. The molecule has 0 aromatic rings. The summed E-state index contributed by atoms with van der Waals surface area (Å²) in [5.41, 5.74) is 0. The topological polar surface area (TPSA) is 84.7 Å². The summed E-state index contributed by atoms with van der Waals surface area (Å²) in [6.45, 7) is 1.37. The fraction of sp³-hybridized carbons (Fsp3) is 0.571. The van der Waals surface area contributed by atoms with Crippen LogP contribution in [0.25, 0.3) is 0 Å². The predicted molar refractivity (Wildman–Crippen MR) is 46.4 cm³/mol. The van der Waals surface area contributed by atoms with Crippen LogP contribution in [0.5, 0.6) is 0 Å². The van der Waals surface area contributed by atoms with Crippen LogP contribution in [0.15, 0.2) is 12.0 Å². The van der Waals surface area contributed by atoms with Gasteiger partial charge in [0.1, 0.15) is 0 Å². The number of nitrogens with zero attached hydrogens (tertiary/aromatic N) is 2. The average molecular weight is 201 g/mol. The molecule has 0 spiro atoms. The van der Waals surface area contributed by atoms with Gasteiger partial charge in [-0.05, 0) is 4.92 Å². The fourth-order valence-corrected chi connectivity index (χ4v) is 1.08. The normalized spacial score (nSPS) is 20.0. The second-order valence-corrected chi connectivity index (χ2v) is 2.86. The number of ether oxygens (including phenoxy) is 1. The Balaban J connectivity index is 2.48. The van der Waals surface area contributed by atoms with Gasteiger partial charge in [-0.3, -0.25) is 4.79 Å². The Morgan fingerprint density at radius 3 is 2.93 bits per heavy atom. The molecule has 14 heavy (non-hydrogen) atoms. The van der Waals surface area contributed by atoms with E-state index in [1.807, 2.05) is 0 Å². The van der Waals surface area contributed by atoms with E-state index in [0.717, 1.165) is 0 Å². The van der Waals surface area contributed by atoms with Gasteiger partial charge in [0.15, 0.2) is 6.61 Å². The van der Waals surface area contributed by atoms with Crippen LogP contribution in [-0.2, 0) is 9.53 Å². The molecule has 0 aliphatic carbocycles. The summed E-state index contributed by atoms with van der Waals surface area (Å²) < 4.78 is 4.73. The highest BCUT2D eigenvalue weighted by molar-refractivity contribution is 5.65. The lowest BCUT2D eigenvalue weighted by molar-refractivity contribution is -0.444. The summed E-state index contributed by atoms with van der Waals surface area (Å²) in [5.74, 6) is -0.447. The van der Waals surface area contributed by atoms with Gasteiger partial charge in [-0.25, -0.2) is 4.90 Å². The molecule has 0 fully saturated rings. The van der Waals surface area contributed by atoms with Crippen LogP contribution < -0.4 is 5.32 Å². The van der Waals surface area contributed by atoms with Crippen molar-refractivity contribution in [2.45, 2.75) is 13.1 Å². The zero-order valence-corrected chi connectivity index (χ0v) is 7.89. The van der Waals surface area contributed by atoms with Crippen molar-refractivity contribution in [3.8, 4) is 0 Å². The second kappa shape index (κ2) is 3.95. The first kappa shape index (κ1) is 10.3. The molecular formula is C7H11N3O4. The predicted octanol–water partition coefficient (Wildman–Crippen LogP) is -0.514. The maximum atomic E-state index is 10.5. The summed E-state index contributed by atoms with van der Waals surface area (Å²) in [6.07, 6.45) is 0.924. The minimum atomic E-state index is -0.499. The first-order valence-electron chi connectivity index (χ1n) is 3.99. The smallest absolute Gasteiger partial charge is 0.335 e. The van der Waals surface area contributed by atoms with Crippen LogP contribution in [0.2, 0.25) is 0 Å². The van der Waals surface area contributed by atoms with E-state index in [2.05, 4.69) is 5.32 Å². The van der Waals surface area contributed by atoms with Crippen molar-refractivity contribution in [3.63, 3.8) is 0 Å². The Hall–Kier alpha value is -1.79. The number of carbonyl (C=O) groups is 1. The Morgan fingerprint density at radius 1 is 1.86 bits per heavy atom. The zero-order valence-electron chi connectivity index (χ0n) is 7.89. The maximum absolute atomic E-state index is 10.5. The van der Waals surface area contributed by atoms with E-state index in [1.165, 1.54) is 18.0 Å². The van der Waals surface area contributed by atoms with Gasteiger partial charge in [0, 0.05) is 6.92 Å². The van der Waals surface area contributed by atoms with Crippen molar-refractivity contribution >= 4 is 5.97 Å². The van der Waals surface area contributed by atoms with Gasteiger partial charge in [0.2, 0.25) is 6.17 Å². The number of hydrogen-bond donors (Lipinski definition) is 1. The standard InChI is InChI=1S/C7H11N3O4/c1-5(11)14-4-6-8-3-7(9(6)2)10(12)13/h3,6,8H,4H2,1-2H3. The van der Waals surface area contributed by atoms with Gasteiger partial charge in [-0.15, -0.1) is 0 Å². The molecule has 0 amide bonds. The van der Waals surface area contributed by atoms with Crippen molar-refractivity contribution in [2.24, 2.45) is 0 Å². The molecular weight excluding hydrogens is 190 g/mol. The van der Waals surface area contributed by atoms with E-state index in [9.17, 15) is 14.9 Å². The molecule has 0 saturated heterocycles. The summed E-state index contributed by atoms with van der Waals surface area (Å²) in [5, 5.41) is 13.2. The number of likely N-dealkylation sites (N-methyl/N-ethyl adjacent to an activating group) is 1. The van der Waals surface area contributed by atoms with Crippen LogP contribution in [0.4, 0.5) is 0 Å². The maximum Gasteiger partial charge on any atom is 0.335 e. The second-order valence-electron chi connectivity index (χ2n) is 2.86. The molecule has 1 heterocycles. The molecule has 1 unspecified atom stereocenters. The molecule has 7 heteroatoms. The Kier molecular flexibility index (Phi) is 2.90. The lowest BCUT2D eigenvalue weighted by atomic mass is 10.5. The lowest BCUT2D eigenvalue weighted by Crippen LogP contribution is -2.39.